The van der Waals surface area contributed by atoms with Gasteiger partial charge in [0.05, 0.1) is 4.88 Å². The molecule has 1 fully saturated rings. The fourth-order valence-electron chi connectivity index (χ4n) is 3.35. The van der Waals surface area contributed by atoms with Gasteiger partial charge in [-0.15, -0.1) is 11.3 Å². The van der Waals surface area contributed by atoms with E-state index in [2.05, 4.69) is 20.5 Å². The van der Waals surface area contributed by atoms with Gasteiger partial charge in [-0.3, -0.25) is 4.79 Å². The van der Waals surface area contributed by atoms with Crippen molar-refractivity contribution in [2.75, 3.05) is 30.4 Å². The van der Waals surface area contributed by atoms with Crippen LogP contribution in [0.25, 0.3) is 10.4 Å². The number of benzene rings is 1. The Morgan fingerprint density at radius 3 is 2.75 bits per heavy atom. The Kier molecular flexibility index (Phi) is 5.36. The van der Waals surface area contributed by atoms with Gasteiger partial charge in [-0.25, -0.2) is 4.98 Å². The molecule has 144 valence electrons. The molecule has 1 aliphatic rings. The van der Waals surface area contributed by atoms with Crippen LogP contribution >= 0.6 is 11.3 Å². The van der Waals surface area contributed by atoms with Gasteiger partial charge in [-0.1, -0.05) is 0 Å². The number of nitrogens with one attached hydrogen (secondary N) is 2. The highest BCUT2D eigenvalue weighted by Gasteiger charge is 2.21. The maximum Gasteiger partial charge on any atom is 0.265 e. The van der Waals surface area contributed by atoms with Gasteiger partial charge in [-0.2, -0.15) is 4.39 Å². The number of thiophene rings is 1. The molecule has 0 spiro atoms. The molecule has 7 heteroatoms. The minimum Gasteiger partial charge on any atom is -0.370 e. The molecule has 1 atom stereocenters. The third kappa shape index (κ3) is 3.90. The van der Waals surface area contributed by atoms with E-state index in [4.69, 9.17) is 0 Å². The van der Waals surface area contributed by atoms with Gasteiger partial charge >= 0.3 is 0 Å². The summed E-state index contributed by atoms with van der Waals surface area (Å²) in [6.07, 6.45) is 2.54. The third-order valence-corrected chi connectivity index (χ3v) is 6.06. The van der Waals surface area contributed by atoms with Crippen molar-refractivity contribution < 1.29 is 9.18 Å². The SMILES string of the molecule is CNC1CCN(c2ccc(NC(=O)c3ccc(-c4cccnc4F)s3)cc2)C1. The lowest BCUT2D eigenvalue weighted by atomic mass is 10.2. The third-order valence-electron chi connectivity index (χ3n) is 4.94. The summed E-state index contributed by atoms with van der Waals surface area (Å²) in [4.78, 5) is 19.7. The van der Waals surface area contributed by atoms with Crippen LogP contribution in [0.2, 0.25) is 0 Å². The first-order chi connectivity index (χ1) is 13.6. The van der Waals surface area contributed by atoms with Crippen molar-refractivity contribution >= 4 is 28.6 Å². The van der Waals surface area contributed by atoms with Crippen LogP contribution in [0.4, 0.5) is 15.8 Å². The predicted molar refractivity (Wildman–Crippen MR) is 112 cm³/mol. The Morgan fingerprint density at radius 1 is 1.21 bits per heavy atom. The highest BCUT2D eigenvalue weighted by atomic mass is 32.1. The maximum atomic E-state index is 13.8. The summed E-state index contributed by atoms with van der Waals surface area (Å²) in [6, 6.07) is 15.2. The van der Waals surface area contributed by atoms with Crippen LogP contribution in [0.3, 0.4) is 0 Å². The number of nitrogens with zero attached hydrogens (tertiary/aromatic N) is 2. The van der Waals surface area contributed by atoms with Crippen LogP contribution < -0.4 is 15.5 Å². The number of hydrogen-bond acceptors (Lipinski definition) is 5. The van der Waals surface area contributed by atoms with Crippen LogP contribution in [-0.4, -0.2) is 37.1 Å². The molecule has 2 N–H and O–H groups in total. The van der Waals surface area contributed by atoms with E-state index in [1.165, 1.54) is 17.5 Å². The Morgan fingerprint density at radius 2 is 2.04 bits per heavy atom. The molecule has 4 rings (SSSR count). The van der Waals surface area contributed by atoms with Gasteiger partial charge in [-0.05, 0) is 62.0 Å². The molecular formula is C21H21FN4OS. The molecule has 28 heavy (non-hydrogen) atoms. The van der Waals surface area contributed by atoms with Crippen molar-refractivity contribution in [1.29, 1.82) is 0 Å². The molecule has 0 saturated carbocycles. The lowest BCUT2D eigenvalue weighted by molar-refractivity contribution is 0.103. The molecule has 3 aromatic rings. The van der Waals surface area contributed by atoms with E-state index in [0.29, 0.717) is 21.4 Å². The predicted octanol–water partition coefficient (Wildman–Crippen LogP) is 4.00. The lowest BCUT2D eigenvalue weighted by Crippen LogP contribution is -2.29. The molecule has 0 aliphatic carbocycles. The molecule has 0 radical (unpaired) electrons. The zero-order valence-electron chi connectivity index (χ0n) is 15.5. The van der Waals surface area contributed by atoms with Crippen molar-refractivity contribution in [2.45, 2.75) is 12.5 Å². The van der Waals surface area contributed by atoms with E-state index in [9.17, 15) is 9.18 Å². The standard InChI is InChI=1S/C21H21FN4OS/c1-23-15-10-12-26(13-15)16-6-4-14(5-7-16)25-21(27)19-9-8-18(28-19)17-3-2-11-24-20(17)22/h2-9,11,15,23H,10,12-13H2,1H3,(H,25,27). The largest absolute Gasteiger partial charge is 0.370 e. The lowest BCUT2D eigenvalue weighted by Gasteiger charge is -2.19. The number of amides is 1. The fraction of sp³-hybridized carbons (Fsp3) is 0.238. The van der Waals surface area contributed by atoms with E-state index in [-0.39, 0.29) is 5.91 Å². The molecule has 3 heterocycles. The minimum atomic E-state index is -0.533. The molecule has 1 amide bonds. The number of rotatable bonds is 5. The monoisotopic (exact) mass is 396 g/mol. The van der Waals surface area contributed by atoms with E-state index < -0.39 is 5.95 Å². The molecule has 1 unspecified atom stereocenters. The first-order valence-electron chi connectivity index (χ1n) is 9.18. The number of likely N-dealkylation sites (N-methyl/N-ethyl adjacent to an activating group) is 1. The summed E-state index contributed by atoms with van der Waals surface area (Å²) in [5, 5.41) is 6.22. The highest BCUT2D eigenvalue weighted by Crippen LogP contribution is 2.30. The van der Waals surface area contributed by atoms with Gasteiger partial charge < -0.3 is 15.5 Å². The van der Waals surface area contributed by atoms with E-state index >= 15 is 0 Å². The molecule has 0 bridgehead atoms. The summed E-state index contributed by atoms with van der Waals surface area (Å²) in [5.74, 6) is -0.737. The zero-order chi connectivity index (χ0) is 19.5. The summed E-state index contributed by atoms with van der Waals surface area (Å²) < 4.78 is 13.8. The van der Waals surface area contributed by atoms with Crippen LogP contribution in [0, 0.1) is 5.95 Å². The van der Waals surface area contributed by atoms with Gasteiger partial charge in [0.1, 0.15) is 0 Å². The average molecular weight is 396 g/mol. The quantitative estimate of drug-likeness (QED) is 0.640. The Bertz CT molecular complexity index is 973. The number of halogens is 1. The number of hydrogen-bond donors (Lipinski definition) is 2. The Balaban J connectivity index is 1.42. The number of pyridine rings is 1. The Hall–Kier alpha value is -2.77. The van der Waals surface area contributed by atoms with Gasteiger partial charge in [0.15, 0.2) is 0 Å². The summed E-state index contributed by atoms with van der Waals surface area (Å²) in [5.41, 5.74) is 2.29. The van der Waals surface area contributed by atoms with E-state index in [0.717, 1.165) is 30.9 Å². The summed E-state index contributed by atoms with van der Waals surface area (Å²) in [7, 11) is 1.99. The van der Waals surface area contributed by atoms with Crippen molar-refractivity contribution in [1.82, 2.24) is 10.3 Å². The van der Waals surface area contributed by atoms with Crippen molar-refractivity contribution in [3.05, 3.63) is 65.6 Å². The maximum absolute atomic E-state index is 13.8. The number of aromatic nitrogens is 1. The number of anilines is 2. The van der Waals surface area contributed by atoms with Crippen LogP contribution in [-0.2, 0) is 0 Å². The molecule has 1 aromatic carbocycles. The molecule has 1 saturated heterocycles. The van der Waals surface area contributed by atoms with Crippen LogP contribution in [0.15, 0.2) is 54.7 Å². The second kappa shape index (κ2) is 8.08. The van der Waals surface area contributed by atoms with Crippen LogP contribution in [0.5, 0.6) is 0 Å². The molecule has 5 nitrogen and oxygen atoms in total. The van der Waals surface area contributed by atoms with Crippen LogP contribution in [0.1, 0.15) is 16.1 Å². The fourth-order valence-corrected chi connectivity index (χ4v) is 4.27. The molecule has 1 aliphatic heterocycles. The average Bonchev–Trinajstić information content (AvgIpc) is 3.39. The van der Waals surface area contributed by atoms with Crippen molar-refractivity contribution in [3.63, 3.8) is 0 Å². The zero-order valence-corrected chi connectivity index (χ0v) is 16.3. The van der Waals surface area contributed by atoms with E-state index in [1.807, 2.05) is 31.3 Å². The number of carbonyl (C=O) groups excluding carboxylic acids is 1. The van der Waals surface area contributed by atoms with E-state index in [1.54, 1.807) is 24.3 Å². The smallest absolute Gasteiger partial charge is 0.265 e. The van der Waals surface area contributed by atoms with Crippen molar-refractivity contribution in [2.24, 2.45) is 0 Å². The summed E-state index contributed by atoms with van der Waals surface area (Å²) >= 11 is 1.25. The first-order valence-corrected chi connectivity index (χ1v) is 10.00. The van der Waals surface area contributed by atoms with Gasteiger partial charge in [0.2, 0.25) is 5.95 Å². The normalized spacial score (nSPS) is 16.4. The molecular weight excluding hydrogens is 375 g/mol. The number of carbonyl (C=O) groups is 1. The summed E-state index contributed by atoms with van der Waals surface area (Å²) in [6.45, 7) is 2.02. The highest BCUT2D eigenvalue weighted by molar-refractivity contribution is 7.17. The van der Waals surface area contributed by atoms with Gasteiger partial charge in [0, 0.05) is 47.1 Å². The van der Waals surface area contributed by atoms with Crippen molar-refractivity contribution in [3.8, 4) is 10.4 Å². The topological polar surface area (TPSA) is 57.3 Å². The second-order valence-electron chi connectivity index (χ2n) is 6.73. The minimum absolute atomic E-state index is 0.204. The Labute approximate surface area is 167 Å². The van der Waals surface area contributed by atoms with Gasteiger partial charge in [0.25, 0.3) is 5.91 Å². The first kappa shape index (κ1) is 18.6. The molecule has 2 aromatic heterocycles. The second-order valence-corrected chi connectivity index (χ2v) is 7.81.